The molecule has 0 N–H and O–H groups in total. The van der Waals surface area contributed by atoms with Gasteiger partial charge in [-0.05, 0) is 68.4 Å². The van der Waals surface area contributed by atoms with Crippen LogP contribution in [0, 0.1) is 29.1 Å². The Morgan fingerprint density at radius 1 is 1.06 bits per heavy atom. The molecule has 160 valence electrons. The summed E-state index contributed by atoms with van der Waals surface area (Å²) >= 11 is 0. The standard InChI is InChI=1S/C25H27N3O3/c26-8-3-9-28(25-13-17-10-18(14-25)12-19(11-17)15-25)23(29)16-31-24(30)22-7-6-20-4-1-2-5-21(20)27-22/h1-2,4-7,17-19H,3,9-16H2. The second kappa shape index (κ2) is 7.96. The molecule has 4 aliphatic carbocycles. The molecular weight excluding hydrogens is 390 g/mol. The van der Waals surface area contributed by atoms with E-state index in [1.807, 2.05) is 35.2 Å². The van der Waals surface area contributed by atoms with Gasteiger partial charge in [-0.1, -0.05) is 24.3 Å². The summed E-state index contributed by atoms with van der Waals surface area (Å²) in [5, 5.41) is 10.1. The molecule has 1 aromatic heterocycles. The van der Waals surface area contributed by atoms with Crippen LogP contribution in [-0.4, -0.2) is 40.5 Å². The Hall–Kier alpha value is -2.94. The number of amides is 1. The molecule has 1 aromatic carbocycles. The maximum absolute atomic E-state index is 13.2. The van der Waals surface area contributed by atoms with E-state index in [4.69, 9.17) is 10.00 Å². The van der Waals surface area contributed by atoms with Crippen LogP contribution in [0.5, 0.6) is 0 Å². The van der Waals surface area contributed by atoms with E-state index < -0.39 is 5.97 Å². The molecule has 4 bridgehead atoms. The van der Waals surface area contributed by atoms with Gasteiger partial charge in [-0.2, -0.15) is 5.26 Å². The maximum Gasteiger partial charge on any atom is 0.357 e. The Kier molecular flexibility index (Phi) is 5.13. The summed E-state index contributed by atoms with van der Waals surface area (Å²) in [4.78, 5) is 32.1. The van der Waals surface area contributed by atoms with Crippen molar-refractivity contribution in [2.75, 3.05) is 13.2 Å². The lowest BCUT2D eigenvalue weighted by molar-refractivity contribution is -0.153. The van der Waals surface area contributed by atoms with E-state index in [2.05, 4.69) is 11.1 Å². The van der Waals surface area contributed by atoms with Gasteiger partial charge in [0, 0.05) is 17.5 Å². The van der Waals surface area contributed by atoms with E-state index in [0.717, 1.165) is 24.6 Å². The molecule has 6 nitrogen and oxygen atoms in total. The van der Waals surface area contributed by atoms with E-state index in [1.54, 1.807) is 6.07 Å². The molecule has 0 saturated heterocycles. The highest BCUT2D eigenvalue weighted by molar-refractivity contribution is 5.92. The van der Waals surface area contributed by atoms with Crippen molar-refractivity contribution in [3.8, 4) is 6.07 Å². The van der Waals surface area contributed by atoms with Crippen molar-refractivity contribution in [3.63, 3.8) is 0 Å². The summed E-state index contributed by atoms with van der Waals surface area (Å²) in [6, 6.07) is 13.2. The SMILES string of the molecule is N#CCCN(C(=O)COC(=O)c1ccc2ccccc2n1)C12CC3CC(CC(C3)C1)C2. The predicted molar refractivity (Wildman–Crippen MR) is 115 cm³/mol. The van der Waals surface area contributed by atoms with Crippen LogP contribution < -0.4 is 0 Å². The van der Waals surface area contributed by atoms with Crippen molar-refractivity contribution in [2.45, 2.75) is 50.5 Å². The molecule has 6 rings (SSSR count). The minimum absolute atomic E-state index is 0.156. The van der Waals surface area contributed by atoms with E-state index in [-0.39, 0.29) is 23.7 Å². The first kappa shape index (κ1) is 20.0. The van der Waals surface area contributed by atoms with Gasteiger partial charge in [-0.3, -0.25) is 4.79 Å². The van der Waals surface area contributed by atoms with Crippen molar-refractivity contribution in [1.29, 1.82) is 5.26 Å². The van der Waals surface area contributed by atoms with Crippen molar-refractivity contribution < 1.29 is 14.3 Å². The maximum atomic E-state index is 13.2. The highest BCUT2D eigenvalue weighted by Crippen LogP contribution is 2.57. The van der Waals surface area contributed by atoms with E-state index in [9.17, 15) is 9.59 Å². The number of aromatic nitrogens is 1. The van der Waals surface area contributed by atoms with Crippen LogP contribution in [0.3, 0.4) is 0 Å². The number of nitriles is 1. The first-order valence-corrected chi connectivity index (χ1v) is 11.3. The molecule has 0 aliphatic heterocycles. The number of para-hydroxylation sites is 1. The van der Waals surface area contributed by atoms with Crippen molar-refractivity contribution in [3.05, 3.63) is 42.1 Å². The molecule has 0 atom stereocenters. The van der Waals surface area contributed by atoms with Gasteiger partial charge in [0.15, 0.2) is 6.61 Å². The number of ether oxygens (including phenoxy) is 1. The van der Waals surface area contributed by atoms with Crippen molar-refractivity contribution in [1.82, 2.24) is 9.88 Å². The van der Waals surface area contributed by atoms with Gasteiger partial charge >= 0.3 is 5.97 Å². The number of hydrogen-bond acceptors (Lipinski definition) is 5. The number of fused-ring (bicyclic) bond motifs is 1. The van der Waals surface area contributed by atoms with Gasteiger partial charge in [0.2, 0.25) is 0 Å². The molecule has 1 amide bonds. The Bertz CT molecular complexity index is 1020. The van der Waals surface area contributed by atoms with Gasteiger partial charge in [0.25, 0.3) is 5.91 Å². The zero-order valence-corrected chi connectivity index (χ0v) is 17.6. The lowest BCUT2D eigenvalue weighted by Gasteiger charge is -2.60. The third kappa shape index (κ3) is 3.78. The van der Waals surface area contributed by atoms with Gasteiger partial charge in [-0.25, -0.2) is 9.78 Å². The van der Waals surface area contributed by atoms with Crippen LogP contribution in [0.4, 0.5) is 0 Å². The van der Waals surface area contributed by atoms with Crippen LogP contribution >= 0.6 is 0 Å². The summed E-state index contributed by atoms with van der Waals surface area (Å²) in [6.07, 6.45) is 7.21. The lowest BCUT2D eigenvalue weighted by atomic mass is 9.52. The number of benzene rings is 1. The number of pyridine rings is 1. The summed E-state index contributed by atoms with van der Waals surface area (Å²) < 4.78 is 5.39. The molecule has 31 heavy (non-hydrogen) atoms. The smallest absolute Gasteiger partial charge is 0.357 e. The monoisotopic (exact) mass is 417 g/mol. The first-order chi connectivity index (χ1) is 15.1. The zero-order valence-electron chi connectivity index (χ0n) is 17.6. The first-order valence-electron chi connectivity index (χ1n) is 11.3. The topological polar surface area (TPSA) is 83.3 Å². The van der Waals surface area contributed by atoms with Gasteiger partial charge in [0.05, 0.1) is 18.0 Å². The average Bonchev–Trinajstić information content (AvgIpc) is 2.76. The summed E-state index contributed by atoms with van der Waals surface area (Å²) in [5.74, 6) is 1.28. The number of hydrogen-bond donors (Lipinski definition) is 0. The molecular formula is C25H27N3O3. The predicted octanol–water partition coefficient (Wildman–Crippen LogP) is 4.10. The fraction of sp³-hybridized carbons (Fsp3) is 0.520. The minimum Gasteiger partial charge on any atom is -0.451 e. The van der Waals surface area contributed by atoms with Crippen LogP contribution in [0.2, 0.25) is 0 Å². The Balaban J connectivity index is 1.29. The largest absolute Gasteiger partial charge is 0.451 e. The number of carbonyl (C=O) groups is 2. The second-order valence-corrected chi connectivity index (χ2v) is 9.56. The number of nitrogens with zero attached hydrogens (tertiary/aromatic N) is 3. The molecule has 4 aliphatic rings. The van der Waals surface area contributed by atoms with Crippen molar-refractivity contribution >= 4 is 22.8 Å². The molecule has 4 saturated carbocycles. The molecule has 0 spiro atoms. The van der Waals surface area contributed by atoms with E-state index >= 15 is 0 Å². The normalized spacial score (nSPS) is 28.3. The fourth-order valence-electron chi connectivity index (χ4n) is 6.64. The Labute approximate surface area is 182 Å². The quantitative estimate of drug-likeness (QED) is 0.661. The van der Waals surface area contributed by atoms with Crippen LogP contribution in [0.25, 0.3) is 10.9 Å². The minimum atomic E-state index is -0.593. The van der Waals surface area contributed by atoms with Gasteiger partial charge in [0.1, 0.15) is 5.69 Å². The van der Waals surface area contributed by atoms with Crippen LogP contribution in [0.1, 0.15) is 55.4 Å². The molecule has 0 unspecified atom stereocenters. The van der Waals surface area contributed by atoms with E-state index in [1.165, 1.54) is 19.3 Å². The third-order valence-corrected chi connectivity index (χ3v) is 7.46. The molecule has 4 fully saturated rings. The highest BCUT2D eigenvalue weighted by atomic mass is 16.5. The molecule has 2 aromatic rings. The van der Waals surface area contributed by atoms with E-state index in [0.29, 0.717) is 36.2 Å². The summed E-state index contributed by atoms with van der Waals surface area (Å²) in [6.45, 7) is 0.105. The number of esters is 1. The van der Waals surface area contributed by atoms with Crippen LogP contribution in [0.15, 0.2) is 36.4 Å². The van der Waals surface area contributed by atoms with Crippen molar-refractivity contribution in [2.24, 2.45) is 17.8 Å². The van der Waals surface area contributed by atoms with Gasteiger partial charge < -0.3 is 9.64 Å². The lowest BCUT2D eigenvalue weighted by Crippen LogP contribution is -2.62. The average molecular weight is 418 g/mol. The molecule has 1 heterocycles. The molecule has 6 heteroatoms. The summed E-state index contributed by atoms with van der Waals surface area (Å²) in [5.41, 5.74) is 0.758. The Morgan fingerprint density at radius 2 is 1.74 bits per heavy atom. The molecule has 0 radical (unpaired) electrons. The fourth-order valence-corrected chi connectivity index (χ4v) is 6.64. The van der Waals surface area contributed by atoms with Crippen LogP contribution in [-0.2, 0) is 9.53 Å². The highest BCUT2D eigenvalue weighted by Gasteiger charge is 2.54. The number of carbonyl (C=O) groups excluding carboxylic acids is 2. The number of rotatable bonds is 6. The second-order valence-electron chi connectivity index (χ2n) is 9.56. The summed E-state index contributed by atoms with van der Waals surface area (Å²) in [7, 11) is 0. The third-order valence-electron chi connectivity index (χ3n) is 7.46. The zero-order chi connectivity index (χ0) is 21.4. The van der Waals surface area contributed by atoms with Gasteiger partial charge in [-0.15, -0.1) is 0 Å². The Morgan fingerprint density at radius 3 is 2.42 bits per heavy atom.